The molecular formula is C13H12Cl3N3. The lowest BCUT2D eigenvalue weighted by Crippen LogP contribution is -2.01. The van der Waals surface area contributed by atoms with Gasteiger partial charge in [0.1, 0.15) is 5.82 Å². The molecule has 3 nitrogen and oxygen atoms in total. The number of aryl methyl sites for hydroxylation is 1. The Morgan fingerprint density at radius 1 is 1.00 bits per heavy atom. The summed E-state index contributed by atoms with van der Waals surface area (Å²) in [5.41, 5.74) is 1.79. The number of pyridine rings is 1. The van der Waals surface area contributed by atoms with Crippen LogP contribution < -0.4 is 10.6 Å². The summed E-state index contributed by atoms with van der Waals surface area (Å²) in [5, 5.41) is 7.55. The summed E-state index contributed by atoms with van der Waals surface area (Å²) in [4.78, 5) is 4.32. The number of benzene rings is 1. The molecule has 2 N–H and O–H groups in total. The van der Waals surface area contributed by atoms with Crippen LogP contribution in [0.25, 0.3) is 0 Å². The predicted molar refractivity (Wildman–Crippen MR) is 83.3 cm³/mol. The van der Waals surface area contributed by atoms with Crippen LogP contribution >= 0.6 is 34.8 Å². The summed E-state index contributed by atoms with van der Waals surface area (Å²) >= 11 is 18.3. The third kappa shape index (κ3) is 3.06. The minimum absolute atomic E-state index is 0.434. The number of rotatable bonds is 3. The van der Waals surface area contributed by atoms with Crippen LogP contribution in [0.15, 0.2) is 24.3 Å². The second kappa shape index (κ2) is 5.87. The molecule has 0 unspecified atom stereocenters. The summed E-state index contributed by atoms with van der Waals surface area (Å²) in [6.45, 7) is 1.96. The minimum atomic E-state index is 0.434. The van der Waals surface area contributed by atoms with Crippen molar-refractivity contribution in [2.45, 2.75) is 6.92 Å². The first-order valence-electron chi connectivity index (χ1n) is 5.59. The largest absolute Gasteiger partial charge is 0.372 e. The Morgan fingerprint density at radius 2 is 1.68 bits per heavy atom. The van der Waals surface area contributed by atoms with Gasteiger partial charge in [0.25, 0.3) is 0 Å². The third-order valence-corrected chi connectivity index (χ3v) is 3.52. The quantitative estimate of drug-likeness (QED) is 0.823. The summed E-state index contributed by atoms with van der Waals surface area (Å²) in [6.07, 6.45) is 0. The van der Waals surface area contributed by atoms with E-state index in [-0.39, 0.29) is 0 Å². The van der Waals surface area contributed by atoms with Crippen LogP contribution in [-0.4, -0.2) is 12.0 Å². The molecular weight excluding hydrogens is 305 g/mol. The number of para-hydroxylation sites is 1. The van der Waals surface area contributed by atoms with Crippen LogP contribution in [-0.2, 0) is 0 Å². The van der Waals surface area contributed by atoms with E-state index in [0.29, 0.717) is 26.7 Å². The Labute approximate surface area is 126 Å². The fourth-order valence-corrected chi connectivity index (χ4v) is 2.41. The van der Waals surface area contributed by atoms with Crippen LogP contribution in [0.1, 0.15) is 5.56 Å². The van der Waals surface area contributed by atoms with Crippen molar-refractivity contribution in [2.75, 3.05) is 17.7 Å². The molecule has 2 aromatic rings. The standard InChI is InChI=1S/C13H12Cl3N3/c1-7-4-3-5-8(14)11(7)18-13-10(16)6-9(15)12(17-2)19-13/h3-6H,1-2H3,(H2,17,18,19). The van der Waals surface area contributed by atoms with E-state index in [4.69, 9.17) is 34.8 Å². The van der Waals surface area contributed by atoms with Gasteiger partial charge in [-0.15, -0.1) is 0 Å². The van der Waals surface area contributed by atoms with Crippen LogP contribution in [0.3, 0.4) is 0 Å². The Balaban J connectivity index is 2.44. The fraction of sp³-hybridized carbons (Fsp3) is 0.154. The molecule has 100 valence electrons. The van der Waals surface area contributed by atoms with Crippen molar-refractivity contribution in [3.05, 3.63) is 44.9 Å². The van der Waals surface area contributed by atoms with E-state index in [1.807, 2.05) is 19.1 Å². The fourth-order valence-electron chi connectivity index (χ4n) is 1.64. The maximum atomic E-state index is 6.16. The summed E-state index contributed by atoms with van der Waals surface area (Å²) < 4.78 is 0. The second-order valence-corrected chi connectivity index (χ2v) is 5.18. The Hall–Kier alpha value is -1.16. The SMILES string of the molecule is CNc1nc(Nc2c(C)cccc2Cl)c(Cl)cc1Cl. The maximum Gasteiger partial charge on any atom is 0.151 e. The molecule has 0 saturated carbocycles. The van der Waals surface area contributed by atoms with Gasteiger partial charge in [-0.25, -0.2) is 4.98 Å². The zero-order chi connectivity index (χ0) is 14.0. The molecule has 0 radical (unpaired) electrons. The lowest BCUT2D eigenvalue weighted by Gasteiger charge is -2.13. The normalized spacial score (nSPS) is 10.4. The second-order valence-electron chi connectivity index (χ2n) is 3.96. The molecule has 0 bridgehead atoms. The Bertz CT molecular complexity index is 594. The molecule has 0 spiro atoms. The zero-order valence-corrected chi connectivity index (χ0v) is 12.7. The van der Waals surface area contributed by atoms with Gasteiger partial charge in [0.05, 0.1) is 20.8 Å². The van der Waals surface area contributed by atoms with Crippen LogP contribution in [0.4, 0.5) is 17.3 Å². The molecule has 0 fully saturated rings. The number of anilines is 3. The molecule has 0 amide bonds. The number of hydrogen-bond acceptors (Lipinski definition) is 3. The highest BCUT2D eigenvalue weighted by Gasteiger charge is 2.11. The van der Waals surface area contributed by atoms with Gasteiger partial charge < -0.3 is 10.6 Å². The van der Waals surface area contributed by atoms with Gasteiger partial charge in [-0.2, -0.15) is 0 Å². The summed E-state index contributed by atoms with van der Waals surface area (Å²) in [6, 6.07) is 7.28. The first-order chi connectivity index (χ1) is 9.02. The molecule has 1 heterocycles. The molecule has 19 heavy (non-hydrogen) atoms. The Morgan fingerprint density at radius 3 is 2.32 bits per heavy atom. The first-order valence-corrected chi connectivity index (χ1v) is 6.72. The van der Waals surface area contributed by atoms with Gasteiger partial charge in [0, 0.05) is 7.05 Å². The van der Waals surface area contributed by atoms with E-state index < -0.39 is 0 Å². The Kier molecular flexibility index (Phi) is 4.40. The van der Waals surface area contributed by atoms with Gasteiger partial charge in [-0.3, -0.25) is 0 Å². The van der Waals surface area contributed by atoms with Crippen molar-refractivity contribution in [1.29, 1.82) is 0 Å². The number of hydrogen-bond donors (Lipinski definition) is 2. The molecule has 0 aliphatic carbocycles. The zero-order valence-electron chi connectivity index (χ0n) is 10.4. The van der Waals surface area contributed by atoms with E-state index in [2.05, 4.69) is 15.6 Å². The average molecular weight is 317 g/mol. The molecule has 1 aromatic carbocycles. The molecule has 6 heteroatoms. The average Bonchev–Trinajstić information content (AvgIpc) is 2.36. The van der Waals surface area contributed by atoms with Gasteiger partial charge >= 0.3 is 0 Å². The van der Waals surface area contributed by atoms with Crippen molar-refractivity contribution < 1.29 is 0 Å². The van der Waals surface area contributed by atoms with Crippen molar-refractivity contribution in [1.82, 2.24) is 4.98 Å². The van der Waals surface area contributed by atoms with E-state index in [0.717, 1.165) is 11.3 Å². The monoisotopic (exact) mass is 315 g/mol. The molecule has 0 atom stereocenters. The number of aromatic nitrogens is 1. The molecule has 0 saturated heterocycles. The predicted octanol–water partition coefficient (Wildman–Crippen LogP) is 5.14. The minimum Gasteiger partial charge on any atom is -0.372 e. The van der Waals surface area contributed by atoms with Crippen molar-refractivity contribution in [2.24, 2.45) is 0 Å². The number of halogens is 3. The van der Waals surface area contributed by atoms with Crippen molar-refractivity contribution in [3.63, 3.8) is 0 Å². The highest BCUT2D eigenvalue weighted by Crippen LogP contribution is 2.34. The van der Waals surface area contributed by atoms with Crippen LogP contribution in [0, 0.1) is 6.92 Å². The molecule has 2 rings (SSSR count). The maximum absolute atomic E-state index is 6.16. The van der Waals surface area contributed by atoms with Gasteiger partial charge in [-0.1, -0.05) is 46.9 Å². The van der Waals surface area contributed by atoms with Crippen LogP contribution in [0.2, 0.25) is 15.1 Å². The topological polar surface area (TPSA) is 37.0 Å². The van der Waals surface area contributed by atoms with Gasteiger partial charge in [0.2, 0.25) is 0 Å². The molecule has 0 aliphatic rings. The molecule has 1 aromatic heterocycles. The van der Waals surface area contributed by atoms with E-state index in [9.17, 15) is 0 Å². The number of nitrogens with zero attached hydrogens (tertiary/aromatic N) is 1. The van der Waals surface area contributed by atoms with E-state index in [1.54, 1.807) is 19.2 Å². The first kappa shape index (κ1) is 14.3. The van der Waals surface area contributed by atoms with Crippen LogP contribution in [0.5, 0.6) is 0 Å². The molecule has 0 aliphatic heterocycles. The smallest absolute Gasteiger partial charge is 0.151 e. The summed E-state index contributed by atoms with van der Waals surface area (Å²) in [7, 11) is 1.74. The van der Waals surface area contributed by atoms with Gasteiger partial charge in [0.15, 0.2) is 5.82 Å². The lowest BCUT2D eigenvalue weighted by molar-refractivity contribution is 1.27. The third-order valence-electron chi connectivity index (χ3n) is 2.63. The highest BCUT2D eigenvalue weighted by molar-refractivity contribution is 6.37. The lowest BCUT2D eigenvalue weighted by atomic mass is 10.2. The van der Waals surface area contributed by atoms with Crippen molar-refractivity contribution in [3.8, 4) is 0 Å². The van der Waals surface area contributed by atoms with E-state index in [1.165, 1.54) is 0 Å². The van der Waals surface area contributed by atoms with Crippen molar-refractivity contribution >= 4 is 52.1 Å². The van der Waals surface area contributed by atoms with Gasteiger partial charge in [-0.05, 0) is 24.6 Å². The number of nitrogens with one attached hydrogen (secondary N) is 2. The highest BCUT2D eigenvalue weighted by atomic mass is 35.5. The summed E-state index contributed by atoms with van der Waals surface area (Å²) in [5.74, 6) is 1.06. The van der Waals surface area contributed by atoms with E-state index >= 15 is 0 Å².